The zero-order valence-electron chi connectivity index (χ0n) is 11.3. The van der Waals surface area contributed by atoms with Gasteiger partial charge in [-0.1, -0.05) is 34.1 Å². The molecule has 17 heavy (non-hydrogen) atoms. The summed E-state index contributed by atoms with van der Waals surface area (Å²) in [6.07, 6.45) is 2.29. The lowest BCUT2D eigenvalue weighted by atomic mass is 9.99. The van der Waals surface area contributed by atoms with Gasteiger partial charge in [0, 0.05) is 17.3 Å². The van der Waals surface area contributed by atoms with Gasteiger partial charge >= 0.3 is 0 Å². The average Bonchev–Trinajstić information content (AvgIpc) is 2.14. The van der Waals surface area contributed by atoms with Crippen LogP contribution < -0.4 is 0 Å². The molecule has 0 aliphatic carbocycles. The molecule has 0 saturated heterocycles. The van der Waals surface area contributed by atoms with Gasteiger partial charge in [0.1, 0.15) is 0 Å². The van der Waals surface area contributed by atoms with E-state index in [1.165, 1.54) is 0 Å². The van der Waals surface area contributed by atoms with Crippen molar-refractivity contribution in [2.75, 3.05) is 19.0 Å². The Morgan fingerprint density at radius 3 is 2.18 bits per heavy atom. The van der Waals surface area contributed by atoms with Crippen molar-refractivity contribution in [2.45, 2.75) is 40.5 Å². The molecule has 0 heterocycles. The first-order valence-electron chi connectivity index (χ1n) is 6.26. The van der Waals surface area contributed by atoms with E-state index < -0.39 is 9.05 Å². The van der Waals surface area contributed by atoms with Crippen molar-refractivity contribution in [3.8, 4) is 0 Å². The summed E-state index contributed by atoms with van der Waals surface area (Å²) in [7, 11) is 1.84. The van der Waals surface area contributed by atoms with Crippen LogP contribution in [0.15, 0.2) is 0 Å². The largest absolute Gasteiger partial charge is 0.381 e. The third-order valence-electron chi connectivity index (χ3n) is 2.87. The average molecular weight is 285 g/mol. The van der Waals surface area contributed by atoms with Crippen LogP contribution in [-0.2, 0) is 13.8 Å². The number of hydrogen-bond donors (Lipinski definition) is 0. The molecule has 2 unspecified atom stereocenters. The maximum Gasteiger partial charge on any atom is 0.232 e. The molecule has 0 rings (SSSR count). The summed E-state index contributed by atoms with van der Waals surface area (Å²) in [4.78, 5) is 0. The van der Waals surface area contributed by atoms with Gasteiger partial charge < -0.3 is 4.74 Å². The molecule has 5 heteroatoms. The molecular weight excluding hydrogens is 260 g/mol. The third kappa shape index (κ3) is 9.86. The Morgan fingerprint density at radius 2 is 1.76 bits per heavy atom. The molecule has 0 aromatic carbocycles. The lowest BCUT2D eigenvalue weighted by molar-refractivity contribution is 0.0665. The van der Waals surface area contributed by atoms with Gasteiger partial charge in [-0.3, -0.25) is 0 Å². The van der Waals surface area contributed by atoms with Gasteiger partial charge in [0.25, 0.3) is 0 Å². The highest BCUT2D eigenvalue weighted by Crippen LogP contribution is 2.17. The fourth-order valence-electron chi connectivity index (χ4n) is 1.69. The lowest BCUT2D eigenvalue weighted by Gasteiger charge is -2.20. The third-order valence-corrected chi connectivity index (χ3v) is 4.08. The number of halogens is 1. The van der Waals surface area contributed by atoms with Crippen LogP contribution >= 0.6 is 10.7 Å². The SMILES string of the molecule is CCCC(C)COCC(CS(=O)(=O)Cl)C(C)C. The molecule has 0 bridgehead atoms. The van der Waals surface area contributed by atoms with Crippen molar-refractivity contribution in [2.24, 2.45) is 17.8 Å². The van der Waals surface area contributed by atoms with Gasteiger partial charge in [-0.05, 0) is 24.2 Å². The summed E-state index contributed by atoms with van der Waals surface area (Å²) < 4.78 is 27.7. The Bertz CT molecular complexity index is 288. The zero-order chi connectivity index (χ0) is 13.5. The second-order valence-electron chi connectivity index (χ2n) is 5.14. The normalized spacial score (nSPS) is 16.1. The first kappa shape index (κ1) is 17.2. The second kappa shape index (κ2) is 8.33. The van der Waals surface area contributed by atoms with E-state index >= 15 is 0 Å². The van der Waals surface area contributed by atoms with Gasteiger partial charge in [0.05, 0.1) is 12.4 Å². The van der Waals surface area contributed by atoms with Crippen LogP contribution in [0.5, 0.6) is 0 Å². The van der Waals surface area contributed by atoms with Gasteiger partial charge in [0.2, 0.25) is 9.05 Å². The minimum atomic E-state index is -3.44. The molecule has 0 spiro atoms. The van der Waals surface area contributed by atoms with Crippen molar-refractivity contribution < 1.29 is 13.2 Å². The van der Waals surface area contributed by atoms with E-state index in [-0.39, 0.29) is 17.6 Å². The molecule has 0 radical (unpaired) electrons. The molecule has 0 amide bonds. The Hall–Kier alpha value is 0.200. The molecule has 0 fully saturated rings. The molecule has 3 nitrogen and oxygen atoms in total. The number of rotatable bonds is 9. The Labute approximate surface area is 110 Å². The van der Waals surface area contributed by atoms with Gasteiger partial charge in [-0.25, -0.2) is 8.42 Å². The van der Waals surface area contributed by atoms with Crippen molar-refractivity contribution in [3.05, 3.63) is 0 Å². The van der Waals surface area contributed by atoms with Crippen molar-refractivity contribution >= 4 is 19.7 Å². The fraction of sp³-hybridized carbons (Fsp3) is 1.00. The van der Waals surface area contributed by atoms with E-state index in [2.05, 4.69) is 13.8 Å². The Morgan fingerprint density at radius 1 is 1.18 bits per heavy atom. The highest BCUT2D eigenvalue weighted by atomic mass is 35.7. The van der Waals surface area contributed by atoms with Crippen LogP contribution in [0.4, 0.5) is 0 Å². The summed E-state index contributed by atoms with van der Waals surface area (Å²) in [6, 6.07) is 0. The van der Waals surface area contributed by atoms with Gasteiger partial charge in [-0.2, -0.15) is 0 Å². The van der Waals surface area contributed by atoms with E-state index in [0.717, 1.165) is 12.8 Å². The molecule has 0 saturated carbocycles. The first-order chi connectivity index (χ1) is 7.76. The molecule has 0 aliphatic rings. The molecule has 0 aliphatic heterocycles. The standard InChI is InChI=1S/C12H25ClO3S/c1-5-6-11(4)7-16-8-12(10(2)3)9-17(13,14)15/h10-12H,5-9H2,1-4H3. The van der Waals surface area contributed by atoms with Gasteiger partial charge in [-0.15, -0.1) is 0 Å². The predicted octanol–water partition coefficient (Wildman–Crippen LogP) is 3.28. The van der Waals surface area contributed by atoms with Crippen LogP contribution in [0.25, 0.3) is 0 Å². The minimum Gasteiger partial charge on any atom is -0.381 e. The minimum absolute atomic E-state index is 0.00557. The van der Waals surface area contributed by atoms with Crippen molar-refractivity contribution in [1.29, 1.82) is 0 Å². The van der Waals surface area contributed by atoms with Gasteiger partial charge in [0.15, 0.2) is 0 Å². The maximum atomic E-state index is 11.1. The highest BCUT2D eigenvalue weighted by Gasteiger charge is 2.20. The Kier molecular flexibility index (Phi) is 8.43. The van der Waals surface area contributed by atoms with E-state index in [4.69, 9.17) is 15.4 Å². The number of ether oxygens (including phenoxy) is 1. The summed E-state index contributed by atoms with van der Waals surface area (Å²) >= 11 is 0. The van der Waals surface area contributed by atoms with E-state index in [1.54, 1.807) is 0 Å². The quantitative estimate of drug-likeness (QED) is 0.610. The molecule has 2 atom stereocenters. The van der Waals surface area contributed by atoms with E-state index in [9.17, 15) is 8.42 Å². The summed E-state index contributed by atoms with van der Waals surface area (Å²) in [5.74, 6) is 0.755. The van der Waals surface area contributed by atoms with Crippen LogP contribution in [0.3, 0.4) is 0 Å². The topological polar surface area (TPSA) is 43.4 Å². The fourth-order valence-corrected chi connectivity index (χ4v) is 3.16. The summed E-state index contributed by atoms with van der Waals surface area (Å²) in [5, 5.41) is 0. The molecular formula is C12H25ClO3S. The predicted molar refractivity (Wildman–Crippen MR) is 72.9 cm³/mol. The molecule has 0 aromatic rings. The van der Waals surface area contributed by atoms with Crippen LogP contribution in [0, 0.1) is 17.8 Å². The molecule has 104 valence electrons. The number of hydrogen-bond acceptors (Lipinski definition) is 3. The Balaban J connectivity index is 4.02. The second-order valence-corrected chi connectivity index (χ2v) is 7.96. The smallest absolute Gasteiger partial charge is 0.232 e. The van der Waals surface area contributed by atoms with Crippen molar-refractivity contribution in [3.63, 3.8) is 0 Å². The van der Waals surface area contributed by atoms with Crippen molar-refractivity contribution in [1.82, 2.24) is 0 Å². The van der Waals surface area contributed by atoms with Crippen LogP contribution in [-0.4, -0.2) is 27.4 Å². The highest BCUT2D eigenvalue weighted by molar-refractivity contribution is 8.13. The zero-order valence-corrected chi connectivity index (χ0v) is 12.9. The van der Waals surface area contributed by atoms with Crippen LogP contribution in [0.1, 0.15) is 40.5 Å². The molecule has 0 aromatic heterocycles. The van der Waals surface area contributed by atoms with E-state index in [1.807, 2.05) is 13.8 Å². The lowest BCUT2D eigenvalue weighted by Crippen LogP contribution is -2.24. The molecule has 0 N–H and O–H groups in total. The summed E-state index contributed by atoms with van der Waals surface area (Å²) in [5.41, 5.74) is 0. The maximum absolute atomic E-state index is 11.1. The van der Waals surface area contributed by atoms with Crippen LogP contribution in [0.2, 0.25) is 0 Å². The summed E-state index contributed by atoms with van der Waals surface area (Å²) in [6.45, 7) is 9.44. The first-order valence-corrected chi connectivity index (χ1v) is 8.74. The monoisotopic (exact) mass is 284 g/mol. The van der Waals surface area contributed by atoms with E-state index in [0.29, 0.717) is 19.1 Å².